The van der Waals surface area contributed by atoms with Gasteiger partial charge < -0.3 is 15.2 Å². The summed E-state index contributed by atoms with van der Waals surface area (Å²) in [4.78, 5) is 2.35. The Morgan fingerprint density at radius 1 is 0.967 bits per heavy atom. The average Bonchev–Trinajstić information content (AvgIpc) is 2.77. The van der Waals surface area contributed by atoms with Crippen molar-refractivity contribution < 1.29 is 9.47 Å². The Bertz CT molecular complexity index is 814. The first-order valence-corrected chi connectivity index (χ1v) is 11.2. The number of nitrogens with zero attached hydrogens (tertiary/aromatic N) is 1. The highest BCUT2D eigenvalue weighted by Gasteiger charge is 2.44. The highest BCUT2D eigenvalue weighted by Crippen LogP contribution is 2.45. The van der Waals surface area contributed by atoms with Crippen molar-refractivity contribution >= 4 is 28.3 Å². The Kier molecular flexibility index (Phi) is 9.63. The van der Waals surface area contributed by atoms with E-state index in [-0.39, 0.29) is 11.1 Å². The molecule has 0 amide bonds. The highest BCUT2D eigenvalue weighted by atomic mass is 127. The predicted molar refractivity (Wildman–Crippen MR) is 133 cm³/mol. The van der Waals surface area contributed by atoms with E-state index >= 15 is 0 Å². The first kappa shape index (κ1) is 24.7. The normalized spacial score (nSPS) is 23.1. The first-order chi connectivity index (χ1) is 14.4. The molecule has 2 aromatic rings. The molecule has 0 aliphatic heterocycles. The third-order valence-corrected chi connectivity index (χ3v) is 6.86. The number of benzene rings is 2. The number of halogens is 1. The lowest BCUT2D eigenvalue weighted by Gasteiger charge is -2.48. The van der Waals surface area contributed by atoms with Crippen molar-refractivity contribution in [1.29, 1.82) is 0 Å². The zero-order valence-corrected chi connectivity index (χ0v) is 20.6. The molecule has 0 atom stereocenters. The number of para-hydroxylation sites is 1. The Balaban J connectivity index is 0.000000335. The number of hydrogen-bond acceptors (Lipinski definition) is 4. The second-order valence-electron chi connectivity index (χ2n) is 7.75. The summed E-state index contributed by atoms with van der Waals surface area (Å²) in [6.07, 6.45) is 3.96. The molecule has 1 saturated carbocycles. The van der Waals surface area contributed by atoms with Crippen LogP contribution in [0, 0.1) is 15.4 Å². The lowest BCUT2D eigenvalue weighted by molar-refractivity contribution is -0.0367. The topological polar surface area (TPSA) is 47.7 Å². The summed E-state index contributed by atoms with van der Waals surface area (Å²) >= 11 is 2.20. The summed E-state index contributed by atoms with van der Waals surface area (Å²) in [6.45, 7) is 0.461. The highest BCUT2D eigenvalue weighted by molar-refractivity contribution is 14.1. The monoisotopic (exact) mass is 520 g/mol. The fraction of sp³-hybridized carbons (Fsp3) is 0.440. The Hall–Kier alpha value is -1.59. The van der Waals surface area contributed by atoms with E-state index in [0.29, 0.717) is 6.61 Å². The molecular formula is C25H33IN2O2. The quantitative estimate of drug-likeness (QED) is 0.353. The van der Waals surface area contributed by atoms with Gasteiger partial charge >= 0.3 is 0 Å². The molecule has 4 nitrogen and oxygen atoms in total. The van der Waals surface area contributed by atoms with Crippen molar-refractivity contribution in [3.63, 3.8) is 0 Å². The number of ether oxygens (including phenoxy) is 2. The molecule has 1 fully saturated rings. The van der Waals surface area contributed by atoms with Gasteiger partial charge in [-0.25, -0.2) is 0 Å². The number of nitrogens with two attached hydrogens (primary N) is 1. The van der Waals surface area contributed by atoms with Crippen LogP contribution < -0.4 is 5.73 Å². The van der Waals surface area contributed by atoms with Crippen molar-refractivity contribution in [3.8, 4) is 11.8 Å². The molecule has 0 saturated heterocycles. The van der Waals surface area contributed by atoms with Gasteiger partial charge in [-0.3, -0.25) is 4.90 Å². The third kappa shape index (κ3) is 6.21. The molecule has 1 aliphatic rings. The zero-order chi connectivity index (χ0) is 22.0. The Labute approximate surface area is 195 Å². The number of anilines is 1. The SMILES string of the molecule is COCC#CC1(OC)CCC(c2ccccc2)(N(C)C)CC1.Nc1ccccc1I. The molecule has 1 aliphatic carbocycles. The van der Waals surface area contributed by atoms with E-state index in [0.717, 1.165) is 34.9 Å². The smallest absolute Gasteiger partial charge is 0.128 e. The summed E-state index contributed by atoms with van der Waals surface area (Å²) in [5, 5.41) is 0. The fourth-order valence-electron chi connectivity index (χ4n) is 3.93. The minimum Gasteiger partial charge on any atom is -0.398 e. The molecule has 0 radical (unpaired) electrons. The van der Waals surface area contributed by atoms with E-state index in [4.69, 9.17) is 15.2 Å². The van der Waals surface area contributed by atoms with Crippen molar-refractivity contribution in [3.05, 3.63) is 63.7 Å². The fourth-order valence-corrected chi connectivity index (χ4v) is 4.32. The van der Waals surface area contributed by atoms with Crippen molar-refractivity contribution in [2.75, 3.05) is 40.7 Å². The minimum atomic E-state index is -0.327. The Morgan fingerprint density at radius 3 is 2.03 bits per heavy atom. The molecule has 3 rings (SSSR count). The van der Waals surface area contributed by atoms with Crippen LogP contribution >= 0.6 is 22.6 Å². The molecule has 0 aromatic heterocycles. The van der Waals surface area contributed by atoms with E-state index < -0.39 is 0 Å². The van der Waals surface area contributed by atoms with Gasteiger partial charge in [0, 0.05) is 29.0 Å². The number of nitrogen functional groups attached to an aromatic ring is 1. The van der Waals surface area contributed by atoms with Gasteiger partial charge in [-0.15, -0.1) is 0 Å². The second-order valence-corrected chi connectivity index (χ2v) is 8.91. The van der Waals surface area contributed by atoms with E-state index in [1.54, 1.807) is 14.2 Å². The largest absolute Gasteiger partial charge is 0.398 e. The number of rotatable bonds is 4. The van der Waals surface area contributed by atoms with E-state index in [2.05, 4.69) is 83.8 Å². The van der Waals surface area contributed by atoms with E-state index in [1.807, 2.05) is 24.3 Å². The van der Waals surface area contributed by atoms with E-state index in [1.165, 1.54) is 5.56 Å². The van der Waals surface area contributed by atoms with Crippen LogP contribution in [0.4, 0.5) is 5.69 Å². The van der Waals surface area contributed by atoms with Crippen molar-refractivity contribution in [2.24, 2.45) is 0 Å². The van der Waals surface area contributed by atoms with Gasteiger partial charge in [-0.2, -0.15) is 0 Å². The summed E-state index contributed by atoms with van der Waals surface area (Å²) in [6, 6.07) is 18.6. The van der Waals surface area contributed by atoms with Crippen LogP contribution in [0.15, 0.2) is 54.6 Å². The molecule has 0 bridgehead atoms. The third-order valence-electron chi connectivity index (χ3n) is 5.88. The number of methoxy groups -OCH3 is 2. The first-order valence-electron chi connectivity index (χ1n) is 10.2. The maximum Gasteiger partial charge on any atom is 0.128 e. The summed E-state index contributed by atoms with van der Waals surface area (Å²) < 4.78 is 11.9. The van der Waals surface area contributed by atoms with Crippen LogP contribution in [-0.2, 0) is 15.0 Å². The van der Waals surface area contributed by atoms with Gasteiger partial charge in [-0.1, -0.05) is 54.3 Å². The molecular weight excluding hydrogens is 487 g/mol. The van der Waals surface area contributed by atoms with Gasteiger partial charge in [0.25, 0.3) is 0 Å². The maximum atomic E-state index is 5.79. The maximum absolute atomic E-state index is 5.79. The van der Waals surface area contributed by atoms with Gasteiger partial charge in [0.1, 0.15) is 12.2 Å². The summed E-state index contributed by atoms with van der Waals surface area (Å²) in [5.74, 6) is 6.38. The molecule has 0 spiro atoms. The van der Waals surface area contributed by atoms with Crippen LogP contribution in [-0.4, -0.2) is 45.4 Å². The molecule has 2 N–H and O–H groups in total. The van der Waals surface area contributed by atoms with E-state index in [9.17, 15) is 0 Å². The standard InChI is InChI=1S/C19H27NO2.C6H6IN/c1-20(2)19(17-9-6-5-7-10-17)14-12-18(22-4,13-15-19)11-8-16-21-3;7-5-3-1-2-4-6(5)8/h5-7,9-10H,12-16H2,1-4H3;1-4H,8H2. The molecule has 2 aromatic carbocycles. The van der Waals surface area contributed by atoms with Crippen LogP contribution in [0.25, 0.3) is 0 Å². The van der Waals surface area contributed by atoms with Crippen LogP contribution in [0.2, 0.25) is 0 Å². The van der Waals surface area contributed by atoms with Crippen molar-refractivity contribution in [2.45, 2.75) is 36.8 Å². The molecule has 0 unspecified atom stereocenters. The Morgan fingerprint density at radius 2 is 1.57 bits per heavy atom. The lowest BCUT2D eigenvalue weighted by Crippen LogP contribution is -2.49. The molecule has 0 heterocycles. The van der Waals surface area contributed by atoms with Gasteiger partial charge in [0.05, 0.1) is 0 Å². The van der Waals surface area contributed by atoms with Gasteiger partial charge in [-0.05, 0) is 80.1 Å². The predicted octanol–water partition coefficient (Wildman–Crippen LogP) is 4.93. The van der Waals surface area contributed by atoms with Crippen LogP contribution in [0.1, 0.15) is 31.2 Å². The number of hydrogen-bond donors (Lipinski definition) is 1. The van der Waals surface area contributed by atoms with Gasteiger partial charge in [0.15, 0.2) is 0 Å². The summed E-state index contributed by atoms with van der Waals surface area (Å²) in [7, 11) is 7.78. The van der Waals surface area contributed by atoms with Crippen molar-refractivity contribution in [1.82, 2.24) is 4.90 Å². The second kappa shape index (κ2) is 11.7. The van der Waals surface area contributed by atoms with Crippen LogP contribution in [0.5, 0.6) is 0 Å². The molecule has 5 heteroatoms. The molecule has 30 heavy (non-hydrogen) atoms. The zero-order valence-electron chi connectivity index (χ0n) is 18.5. The molecule has 162 valence electrons. The van der Waals surface area contributed by atoms with Crippen LogP contribution in [0.3, 0.4) is 0 Å². The lowest BCUT2D eigenvalue weighted by atomic mass is 9.70. The van der Waals surface area contributed by atoms with Gasteiger partial charge in [0.2, 0.25) is 0 Å². The minimum absolute atomic E-state index is 0.0756. The summed E-state index contributed by atoms with van der Waals surface area (Å²) in [5.41, 5.74) is 7.50. The average molecular weight is 520 g/mol.